The van der Waals surface area contributed by atoms with Gasteiger partial charge in [-0.2, -0.15) is 5.10 Å². The summed E-state index contributed by atoms with van der Waals surface area (Å²) in [6.45, 7) is 0. The second kappa shape index (κ2) is 5.53. The summed E-state index contributed by atoms with van der Waals surface area (Å²) in [4.78, 5) is 14.5. The molecule has 0 spiro atoms. The Morgan fingerprint density at radius 2 is 1.91 bits per heavy atom. The number of hydrogen-bond acceptors (Lipinski definition) is 4. The Morgan fingerprint density at radius 1 is 1.18 bits per heavy atom. The lowest BCUT2D eigenvalue weighted by Crippen LogP contribution is -2.00. The van der Waals surface area contributed by atoms with E-state index in [4.69, 9.17) is 11.6 Å². The zero-order valence-corrected chi connectivity index (χ0v) is 11.7. The van der Waals surface area contributed by atoms with Gasteiger partial charge in [0.05, 0.1) is 10.6 Å². The number of nitro groups is 1. The maximum Gasteiger partial charge on any atom is 0.288 e. The van der Waals surface area contributed by atoms with Crippen molar-refractivity contribution in [3.05, 3.63) is 69.7 Å². The van der Waals surface area contributed by atoms with Gasteiger partial charge in [-0.15, -0.1) is 0 Å². The molecule has 0 fully saturated rings. The first-order chi connectivity index (χ1) is 10.6. The van der Waals surface area contributed by atoms with Crippen molar-refractivity contribution in [2.75, 3.05) is 0 Å². The Labute approximate surface area is 128 Å². The van der Waals surface area contributed by atoms with Crippen molar-refractivity contribution in [3.63, 3.8) is 0 Å². The van der Waals surface area contributed by atoms with E-state index in [1.807, 2.05) is 0 Å². The molecule has 22 heavy (non-hydrogen) atoms. The molecule has 1 aromatic heterocycles. The number of benzene rings is 2. The van der Waals surface area contributed by atoms with Crippen LogP contribution in [0.3, 0.4) is 0 Å². The Morgan fingerprint density at radius 3 is 2.59 bits per heavy atom. The Hall–Kier alpha value is -2.80. The van der Waals surface area contributed by atoms with Crippen LogP contribution in [-0.4, -0.2) is 19.7 Å². The lowest BCUT2D eigenvalue weighted by atomic mass is 10.2. The topological polar surface area (TPSA) is 73.8 Å². The number of hydrogen-bond donors (Lipinski definition) is 0. The van der Waals surface area contributed by atoms with Gasteiger partial charge in [0.2, 0.25) is 0 Å². The van der Waals surface area contributed by atoms with E-state index in [-0.39, 0.29) is 16.5 Å². The smallest absolute Gasteiger partial charge is 0.258 e. The summed E-state index contributed by atoms with van der Waals surface area (Å²) in [5, 5.41) is 15.1. The van der Waals surface area contributed by atoms with E-state index in [2.05, 4.69) is 10.1 Å². The third kappa shape index (κ3) is 2.53. The van der Waals surface area contributed by atoms with Crippen molar-refractivity contribution in [1.82, 2.24) is 14.8 Å². The molecule has 0 aliphatic heterocycles. The van der Waals surface area contributed by atoms with E-state index in [0.29, 0.717) is 17.1 Å². The van der Waals surface area contributed by atoms with Gasteiger partial charge in [-0.3, -0.25) is 10.1 Å². The number of aromatic nitrogens is 3. The molecule has 0 saturated carbocycles. The summed E-state index contributed by atoms with van der Waals surface area (Å²) in [5.74, 6) is 0.0268. The molecule has 0 amide bonds. The van der Waals surface area contributed by atoms with Gasteiger partial charge in [-0.1, -0.05) is 11.6 Å². The maximum atomic E-state index is 13.0. The molecule has 6 nitrogen and oxygen atoms in total. The molecule has 3 rings (SSSR count). The van der Waals surface area contributed by atoms with E-state index in [0.717, 1.165) is 0 Å². The lowest BCUT2D eigenvalue weighted by Gasteiger charge is -2.06. The predicted octanol–water partition coefficient (Wildman–Crippen LogP) is 3.64. The molecule has 0 atom stereocenters. The molecule has 0 aliphatic carbocycles. The van der Waals surface area contributed by atoms with E-state index >= 15 is 0 Å². The van der Waals surface area contributed by atoms with Gasteiger partial charge in [0.1, 0.15) is 17.2 Å². The van der Waals surface area contributed by atoms with Gasteiger partial charge < -0.3 is 0 Å². The lowest BCUT2D eigenvalue weighted by molar-refractivity contribution is -0.384. The van der Waals surface area contributed by atoms with Crippen LogP contribution in [0.15, 0.2) is 48.8 Å². The first kappa shape index (κ1) is 14.2. The minimum Gasteiger partial charge on any atom is -0.258 e. The van der Waals surface area contributed by atoms with Crippen molar-refractivity contribution in [2.45, 2.75) is 0 Å². The van der Waals surface area contributed by atoms with Gasteiger partial charge in [-0.25, -0.2) is 14.1 Å². The molecule has 0 bridgehead atoms. The molecule has 1 heterocycles. The highest BCUT2D eigenvalue weighted by Crippen LogP contribution is 2.30. The largest absolute Gasteiger partial charge is 0.288 e. The van der Waals surface area contributed by atoms with Crippen LogP contribution in [0.2, 0.25) is 5.02 Å². The van der Waals surface area contributed by atoms with Crippen LogP contribution in [0.4, 0.5) is 10.1 Å². The highest BCUT2D eigenvalue weighted by atomic mass is 35.5. The van der Waals surface area contributed by atoms with E-state index in [9.17, 15) is 14.5 Å². The summed E-state index contributed by atoms with van der Waals surface area (Å²) < 4.78 is 14.5. The van der Waals surface area contributed by atoms with E-state index in [1.54, 1.807) is 6.07 Å². The highest BCUT2D eigenvalue weighted by molar-refractivity contribution is 6.32. The highest BCUT2D eigenvalue weighted by Gasteiger charge is 2.17. The van der Waals surface area contributed by atoms with Gasteiger partial charge in [0, 0.05) is 11.6 Å². The van der Waals surface area contributed by atoms with Crippen LogP contribution >= 0.6 is 11.6 Å². The molecule has 0 unspecified atom stereocenters. The maximum absolute atomic E-state index is 13.0. The van der Waals surface area contributed by atoms with Crippen molar-refractivity contribution < 1.29 is 9.31 Å². The summed E-state index contributed by atoms with van der Waals surface area (Å²) in [6, 6.07) is 10.0. The van der Waals surface area contributed by atoms with Crippen LogP contribution in [0.1, 0.15) is 0 Å². The number of nitro benzene ring substituents is 1. The molecule has 3 aromatic rings. The molecular formula is C14H8ClFN4O2. The third-order valence-corrected chi connectivity index (χ3v) is 3.34. The normalized spacial score (nSPS) is 10.6. The molecule has 0 aliphatic rings. The van der Waals surface area contributed by atoms with Crippen molar-refractivity contribution in [1.29, 1.82) is 0 Å². The Bertz CT molecular complexity index is 848. The monoisotopic (exact) mass is 318 g/mol. The van der Waals surface area contributed by atoms with Crippen LogP contribution < -0.4 is 0 Å². The zero-order valence-electron chi connectivity index (χ0n) is 11.0. The van der Waals surface area contributed by atoms with Crippen molar-refractivity contribution >= 4 is 17.3 Å². The second-order valence-electron chi connectivity index (χ2n) is 4.40. The standard InChI is InChI=1S/C14H8ClFN4O2/c15-12-6-1-9(7-13(12)20(21)22)14-17-8-18-19(14)11-4-2-10(16)3-5-11/h1-8H. The van der Waals surface area contributed by atoms with Crippen molar-refractivity contribution in [3.8, 4) is 17.1 Å². The van der Waals surface area contributed by atoms with Gasteiger partial charge in [0.15, 0.2) is 5.82 Å². The van der Waals surface area contributed by atoms with Crippen LogP contribution in [0.5, 0.6) is 0 Å². The third-order valence-electron chi connectivity index (χ3n) is 3.02. The first-order valence-corrected chi connectivity index (χ1v) is 6.54. The van der Waals surface area contributed by atoms with Crippen LogP contribution in [-0.2, 0) is 0 Å². The molecule has 0 N–H and O–H groups in total. The first-order valence-electron chi connectivity index (χ1n) is 6.16. The van der Waals surface area contributed by atoms with Crippen molar-refractivity contribution in [2.24, 2.45) is 0 Å². The minimum absolute atomic E-state index is 0.0431. The quantitative estimate of drug-likeness (QED) is 0.546. The molecule has 0 radical (unpaired) electrons. The fourth-order valence-corrected chi connectivity index (χ4v) is 2.19. The summed E-state index contributed by atoms with van der Waals surface area (Å²) >= 11 is 5.80. The summed E-state index contributed by atoms with van der Waals surface area (Å²) in [5.41, 5.74) is 0.859. The fraction of sp³-hybridized carbons (Fsp3) is 0. The number of halogens is 2. The summed E-state index contributed by atoms with van der Waals surface area (Å²) in [6.07, 6.45) is 1.32. The Balaban J connectivity index is 2.11. The Kier molecular flexibility index (Phi) is 3.56. The predicted molar refractivity (Wildman–Crippen MR) is 78.4 cm³/mol. The average Bonchev–Trinajstić information content (AvgIpc) is 2.97. The van der Waals surface area contributed by atoms with Gasteiger partial charge in [-0.05, 0) is 36.4 Å². The average molecular weight is 319 g/mol. The van der Waals surface area contributed by atoms with Crippen LogP contribution in [0, 0.1) is 15.9 Å². The SMILES string of the molecule is O=[N+]([O-])c1cc(-c2ncnn2-c2ccc(F)cc2)ccc1Cl. The number of nitrogens with zero attached hydrogens (tertiary/aromatic N) is 4. The molecule has 110 valence electrons. The fourth-order valence-electron chi connectivity index (χ4n) is 2.00. The number of rotatable bonds is 3. The summed E-state index contributed by atoms with van der Waals surface area (Å²) in [7, 11) is 0. The molecule has 8 heteroatoms. The minimum atomic E-state index is -0.565. The van der Waals surface area contributed by atoms with Gasteiger partial charge in [0.25, 0.3) is 5.69 Å². The molecule has 2 aromatic carbocycles. The zero-order chi connectivity index (χ0) is 15.7. The van der Waals surface area contributed by atoms with E-state index in [1.165, 1.54) is 47.4 Å². The second-order valence-corrected chi connectivity index (χ2v) is 4.80. The molecular weight excluding hydrogens is 311 g/mol. The molecule has 0 saturated heterocycles. The van der Waals surface area contributed by atoms with Gasteiger partial charge >= 0.3 is 0 Å². The van der Waals surface area contributed by atoms with E-state index < -0.39 is 4.92 Å². The van der Waals surface area contributed by atoms with Crippen LogP contribution in [0.25, 0.3) is 17.1 Å².